The molecule has 2 rings (SSSR count). The molecule has 0 amide bonds. The van der Waals surface area contributed by atoms with E-state index in [1.807, 2.05) is 13.8 Å². The van der Waals surface area contributed by atoms with Gasteiger partial charge in [0.2, 0.25) is 11.8 Å². The number of nitrogens with one attached hydrogen (secondary N) is 1. The quantitative estimate of drug-likeness (QED) is 0.853. The summed E-state index contributed by atoms with van der Waals surface area (Å²) in [5, 5.41) is 3.29. The van der Waals surface area contributed by atoms with E-state index in [0.29, 0.717) is 23.8 Å². The summed E-state index contributed by atoms with van der Waals surface area (Å²) in [6.07, 6.45) is 6.56. The van der Waals surface area contributed by atoms with Gasteiger partial charge in [-0.05, 0) is 39.0 Å². The standard InChI is InChI=1S/C14H24N4O/c1-10(2)19-13-6-7-16-14(18-13)17-9-11-4-3-5-12(15)8-11/h6-7,10-12H,3-5,8-9,15H2,1-2H3,(H,16,17,18). The molecule has 1 aliphatic carbocycles. The Hall–Kier alpha value is -1.36. The third-order valence-electron chi connectivity index (χ3n) is 3.36. The Balaban J connectivity index is 1.85. The average Bonchev–Trinajstić information content (AvgIpc) is 2.36. The van der Waals surface area contributed by atoms with Crippen LogP contribution in [0.25, 0.3) is 0 Å². The minimum atomic E-state index is 0.124. The van der Waals surface area contributed by atoms with Gasteiger partial charge in [-0.25, -0.2) is 4.98 Å². The number of aromatic nitrogens is 2. The molecule has 2 unspecified atom stereocenters. The van der Waals surface area contributed by atoms with Crippen molar-refractivity contribution in [3.05, 3.63) is 12.3 Å². The van der Waals surface area contributed by atoms with E-state index in [9.17, 15) is 0 Å². The maximum atomic E-state index is 5.99. The van der Waals surface area contributed by atoms with Crippen molar-refractivity contribution in [1.29, 1.82) is 0 Å². The van der Waals surface area contributed by atoms with E-state index in [-0.39, 0.29) is 6.10 Å². The molecule has 0 bridgehead atoms. The Morgan fingerprint density at radius 1 is 1.47 bits per heavy atom. The van der Waals surface area contributed by atoms with E-state index in [2.05, 4.69) is 15.3 Å². The molecule has 0 saturated heterocycles. The van der Waals surface area contributed by atoms with Gasteiger partial charge in [-0.2, -0.15) is 4.98 Å². The molecule has 106 valence electrons. The molecule has 1 aromatic rings. The Morgan fingerprint density at radius 3 is 3.05 bits per heavy atom. The van der Waals surface area contributed by atoms with Crippen LogP contribution in [0.5, 0.6) is 5.88 Å². The molecule has 3 N–H and O–H groups in total. The molecule has 1 heterocycles. The first-order chi connectivity index (χ1) is 9.13. The van der Waals surface area contributed by atoms with Gasteiger partial charge in [-0.15, -0.1) is 0 Å². The van der Waals surface area contributed by atoms with Crippen LogP contribution < -0.4 is 15.8 Å². The van der Waals surface area contributed by atoms with Gasteiger partial charge in [0.15, 0.2) is 0 Å². The Bertz CT molecular complexity index is 397. The molecule has 1 aromatic heterocycles. The monoisotopic (exact) mass is 264 g/mol. The number of anilines is 1. The van der Waals surface area contributed by atoms with E-state index in [4.69, 9.17) is 10.5 Å². The summed E-state index contributed by atoms with van der Waals surface area (Å²) in [4.78, 5) is 8.56. The second-order valence-electron chi connectivity index (χ2n) is 5.56. The molecule has 2 atom stereocenters. The van der Waals surface area contributed by atoms with Gasteiger partial charge >= 0.3 is 0 Å². The first kappa shape index (κ1) is 14.1. The fraction of sp³-hybridized carbons (Fsp3) is 0.714. The SMILES string of the molecule is CC(C)Oc1ccnc(NCC2CCCC(N)C2)n1. The summed E-state index contributed by atoms with van der Waals surface area (Å²) < 4.78 is 5.55. The van der Waals surface area contributed by atoms with Crippen LogP contribution in [0.1, 0.15) is 39.5 Å². The number of ether oxygens (including phenoxy) is 1. The Labute approximate surface area is 115 Å². The van der Waals surface area contributed by atoms with Crippen LogP contribution in [-0.2, 0) is 0 Å². The van der Waals surface area contributed by atoms with Gasteiger partial charge in [0.05, 0.1) is 6.10 Å². The summed E-state index contributed by atoms with van der Waals surface area (Å²) in [5.74, 6) is 1.88. The van der Waals surface area contributed by atoms with Crippen LogP contribution >= 0.6 is 0 Å². The summed E-state index contributed by atoms with van der Waals surface area (Å²) in [6.45, 7) is 4.86. The van der Waals surface area contributed by atoms with Crippen molar-refractivity contribution in [3.8, 4) is 5.88 Å². The fourth-order valence-electron chi connectivity index (χ4n) is 2.49. The van der Waals surface area contributed by atoms with Gasteiger partial charge in [0, 0.05) is 24.8 Å². The van der Waals surface area contributed by atoms with Gasteiger partial charge in [-0.3, -0.25) is 0 Å². The first-order valence-corrected chi connectivity index (χ1v) is 7.12. The lowest BCUT2D eigenvalue weighted by atomic mass is 9.86. The van der Waals surface area contributed by atoms with E-state index in [1.165, 1.54) is 12.8 Å². The molecule has 0 radical (unpaired) electrons. The van der Waals surface area contributed by atoms with Crippen LogP contribution in [0.3, 0.4) is 0 Å². The third kappa shape index (κ3) is 4.67. The van der Waals surface area contributed by atoms with E-state index in [1.54, 1.807) is 12.3 Å². The molecular weight excluding hydrogens is 240 g/mol. The zero-order valence-electron chi connectivity index (χ0n) is 11.8. The Kier molecular flexibility index (Phi) is 4.96. The van der Waals surface area contributed by atoms with Gasteiger partial charge in [-0.1, -0.05) is 6.42 Å². The highest BCUT2D eigenvalue weighted by Crippen LogP contribution is 2.23. The molecule has 1 saturated carbocycles. The molecule has 5 nitrogen and oxygen atoms in total. The number of hydrogen-bond donors (Lipinski definition) is 2. The highest BCUT2D eigenvalue weighted by molar-refractivity contribution is 5.27. The smallest absolute Gasteiger partial charge is 0.225 e. The molecule has 1 fully saturated rings. The van der Waals surface area contributed by atoms with Crippen molar-refractivity contribution >= 4 is 5.95 Å². The van der Waals surface area contributed by atoms with Crippen molar-refractivity contribution in [2.24, 2.45) is 11.7 Å². The molecule has 5 heteroatoms. The van der Waals surface area contributed by atoms with Crippen LogP contribution in [0.2, 0.25) is 0 Å². The van der Waals surface area contributed by atoms with Crippen molar-refractivity contribution in [1.82, 2.24) is 9.97 Å². The molecule has 0 aliphatic heterocycles. The van der Waals surface area contributed by atoms with E-state index >= 15 is 0 Å². The van der Waals surface area contributed by atoms with Crippen LogP contribution in [-0.4, -0.2) is 28.7 Å². The number of nitrogens with zero attached hydrogens (tertiary/aromatic N) is 2. The second-order valence-corrected chi connectivity index (χ2v) is 5.56. The lowest BCUT2D eigenvalue weighted by molar-refractivity contribution is 0.232. The van der Waals surface area contributed by atoms with Crippen molar-refractivity contribution < 1.29 is 4.74 Å². The first-order valence-electron chi connectivity index (χ1n) is 7.12. The Morgan fingerprint density at radius 2 is 2.32 bits per heavy atom. The summed E-state index contributed by atoms with van der Waals surface area (Å²) in [7, 11) is 0. The highest BCUT2D eigenvalue weighted by Gasteiger charge is 2.19. The van der Waals surface area contributed by atoms with E-state index in [0.717, 1.165) is 19.4 Å². The minimum absolute atomic E-state index is 0.124. The lowest BCUT2D eigenvalue weighted by Gasteiger charge is -2.26. The molecule has 0 aromatic carbocycles. The minimum Gasteiger partial charge on any atom is -0.475 e. The largest absolute Gasteiger partial charge is 0.475 e. The van der Waals surface area contributed by atoms with Gasteiger partial charge < -0.3 is 15.8 Å². The zero-order valence-corrected chi connectivity index (χ0v) is 11.8. The van der Waals surface area contributed by atoms with Crippen molar-refractivity contribution in [2.75, 3.05) is 11.9 Å². The third-order valence-corrected chi connectivity index (χ3v) is 3.36. The maximum Gasteiger partial charge on any atom is 0.225 e. The van der Waals surface area contributed by atoms with Crippen molar-refractivity contribution in [3.63, 3.8) is 0 Å². The molecule has 19 heavy (non-hydrogen) atoms. The number of rotatable bonds is 5. The fourth-order valence-corrected chi connectivity index (χ4v) is 2.49. The lowest BCUT2D eigenvalue weighted by Crippen LogP contribution is -2.31. The average molecular weight is 264 g/mol. The predicted molar refractivity (Wildman–Crippen MR) is 76.2 cm³/mol. The summed E-state index contributed by atoms with van der Waals surface area (Å²) >= 11 is 0. The molecule has 1 aliphatic rings. The predicted octanol–water partition coefficient (Wildman–Crippen LogP) is 2.19. The number of nitrogens with two attached hydrogens (primary N) is 1. The summed E-state index contributed by atoms with van der Waals surface area (Å²) in [6, 6.07) is 2.14. The number of hydrogen-bond acceptors (Lipinski definition) is 5. The van der Waals surface area contributed by atoms with Crippen LogP contribution in [0, 0.1) is 5.92 Å². The highest BCUT2D eigenvalue weighted by atomic mass is 16.5. The normalized spacial score (nSPS) is 23.4. The maximum absolute atomic E-state index is 5.99. The van der Waals surface area contributed by atoms with Crippen LogP contribution in [0.15, 0.2) is 12.3 Å². The van der Waals surface area contributed by atoms with Gasteiger partial charge in [0.1, 0.15) is 0 Å². The van der Waals surface area contributed by atoms with E-state index < -0.39 is 0 Å². The molecule has 0 spiro atoms. The topological polar surface area (TPSA) is 73.1 Å². The molecular formula is C14H24N4O. The van der Waals surface area contributed by atoms with Gasteiger partial charge in [0.25, 0.3) is 0 Å². The summed E-state index contributed by atoms with van der Waals surface area (Å²) in [5.41, 5.74) is 5.99. The second kappa shape index (κ2) is 6.70. The van der Waals surface area contributed by atoms with Crippen molar-refractivity contribution in [2.45, 2.75) is 51.7 Å². The zero-order chi connectivity index (χ0) is 13.7. The van der Waals surface area contributed by atoms with Crippen LogP contribution in [0.4, 0.5) is 5.95 Å².